The summed E-state index contributed by atoms with van der Waals surface area (Å²) in [5, 5.41) is 5.17. The predicted octanol–water partition coefficient (Wildman–Crippen LogP) is 2.42. The second kappa shape index (κ2) is 10.4. The molecule has 0 aliphatic heterocycles. The lowest BCUT2D eigenvalue weighted by molar-refractivity contribution is -0.123. The van der Waals surface area contributed by atoms with Crippen molar-refractivity contribution in [3.8, 4) is 11.6 Å². The first kappa shape index (κ1) is 20.5. The number of nitrogens with two attached hydrogens (primary N) is 1. The molecule has 1 aromatic carbocycles. The van der Waals surface area contributed by atoms with Crippen LogP contribution in [-0.4, -0.2) is 35.0 Å². The Labute approximate surface area is 160 Å². The molecule has 0 radical (unpaired) electrons. The van der Waals surface area contributed by atoms with Gasteiger partial charge in [0.25, 0.3) is 0 Å². The van der Waals surface area contributed by atoms with E-state index in [9.17, 15) is 14.0 Å². The Morgan fingerprint density at radius 1 is 1.33 bits per heavy atom. The molecule has 0 aliphatic carbocycles. The van der Waals surface area contributed by atoms with Crippen molar-refractivity contribution in [2.45, 2.75) is 19.0 Å². The van der Waals surface area contributed by atoms with Crippen molar-refractivity contribution in [1.82, 2.24) is 15.6 Å². The number of hydrogen-bond acceptors (Lipinski definition) is 5. The molecule has 3 amide bonds. The first-order valence-electron chi connectivity index (χ1n) is 8.19. The van der Waals surface area contributed by atoms with Gasteiger partial charge >= 0.3 is 6.03 Å². The topological polar surface area (TPSA) is 106 Å². The molecule has 0 aliphatic rings. The summed E-state index contributed by atoms with van der Waals surface area (Å²) in [5.41, 5.74) is 5.74. The number of amides is 3. The van der Waals surface area contributed by atoms with E-state index in [1.54, 1.807) is 30.0 Å². The van der Waals surface area contributed by atoms with E-state index in [1.165, 1.54) is 24.4 Å². The van der Waals surface area contributed by atoms with E-state index in [0.29, 0.717) is 23.5 Å². The Morgan fingerprint density at radius 3 is 2.85 bits per heavy atom. The second-order valence-corrected chi connectivity index (χ2v) is 6.57. The molecule has 1 unspecified atom stereocenters. The zero-order valence-electron chi connectivity index (χ0n) is 14.8. The summed E-state index contributed by atoms with van der Waals surface area (Å²) in [5.74, 6) is 0.469. The summed E-state index contributed by atoms with van der Waals surface area (Å²) in [7, 11) is 0. The molecule has 9 heteroatoms. The molecule has 27 heavy (non-hydrogen) atoms. The monoisotopic (exact) mass is 392 g/mol. The Morgan fingerprint density at radius 2 is 2.15 bits per heavy atom. The van der Waals surface area contributed by atoms with E-state index in [1.807, 2.05) is 6.26 Å². The van der Waals surface area contributed by atoms with Crippen LogP contribution >= 0.6 is 11.8 Å². The molecule has 0 fully saturated rings. The first-order valence-corrected chi connectivity index (χ1v) is 9.59. The fourth-order valence-corrected chi connectivity index (χ4v) is 2.75. The van der Waals surface area contributed by atoms with Gasteiger partial charge in [-0.2, -0.15) is 11.8 Å². The van der Waals surface area contributed by atoms with Crippen molar-refractivity contribution in [1.29, 1.82) is 0 Å². The van der Waals surface area contributed by atoms with Crippen molar-refractivity contribution < 1.29 is 18.7 Å². The maximum Gasteiger partial charge on any atom is 0.312 e. The summed E-state index contributed by atoms with van der Waals surface area (Å²) >= 11 is 1.56. The average Bonchev–Trinajstić information content (AvgIpc) is 2.64. The van der Waals surface area contributed by atoms with Gasteiger partial charge in [-0.1, -0.05) is 12.1 Å². The third-order valence-electron chi connectivity index (χ3n) is 3.56. The number of rotatable bonds is 9. The highest BCUT2D eigenvalue weighted by molar-refractivity contribution is 7.98. The summed E-state index contributed by atoms with van der Waals surface area (Å²) in [6.07, 6.45) is 3.90. The minimum absolute atomic E-state index is 0.132. The van der Waals surface area contributed by atoms with Gasteiger partial charge in [-0.3, -0.25) is 4.79 Å². The van der Waals surface area contributed by atoms with Crippen molar-refractivity contribution in [2.75, 3.05) is 12.0 Å². The Bertz CT molecular complexity index is 791. The van der Waals surface area contributed by atoms with Crippen LogP contribution in [0.15, 0.2) is 42.6 Å². The lowest BCUT2D eigenvalue weighted by atomic mass is 10.2. The third-order valence-corrected chi connectivity index (χ3v) is 4.20. The number of nitrogens with one attached hydrogen (secondary N) is 2. The normalized spacial score (nSPS) is 11.5. The number of thioether (sulfide) groups is 1. The summed E-state index contributed by atoms with van der Waals surface area (Å²) in [4.78, 5) is 27.6. The quantitative estimate of drug-likeness (QED) is 0.608. The highest BCUT2D eigenvalue weighted by Crippen LogP contribution is 2.23. The number of halogens is 1. The van der Waals surface area contributed by atoms with Crippen molar-refractivity contribution >= 4 is 23.7 Å². The fourth-order valence-electron chi connectivity index (χ4n) is 2.27. The van der Waals surface area contributed by atoms with Gasteiger partial charge in [-0.25, -0.2) is 14.2 Å². The van der Waals surface area contributed by atoms with Gasteiger partial charge in [0.2, 0.25) is 11.8 Å². The number of benzene rings is 1. The number of carbonyl (C=O) groups excluding carboxylic acids is 2. The molecule has 4 N–H and O–H groups in total. The van der Waals surface area contributed by atoms with E-state index in [0.717, 1.165) is 0 Å². The summed E-state index contributed by atoms with van der Waals surface area (Å²) < 4.78 is 18.9. The number of carbonyl (C=O) groups is 2. The molecule has 0 saturated carbocycles. The lowest BCUT2D eigenvalue weighted by Gasteiger charge is -2.17. The van der Waals surface area contributed by atoms with Gasteiger partial charge < -0.3 is 21.1 Å². The van der Waals surface area contributed by atoms with Crippen LogP contribution in [0.2, 0.25) is 0 Å². The average molecular weight is 392 g/mol. The molecular formula is C18H21FN4O3S. The summed E-state index contributed by atoms with van der Waals surface area (Å²) in [6, 6.07) is 7.65. The number of hydrogen-bond donors (Lipinski definition) is 3. The third kappa shape index (κ3) is 6.78. The number of urea groups is 1. The van der Waals surface area contributed by atoms with Gasteiger partial charge in [-0.05, 0) is 36.6 Å². The molecule has 2 rings (SSSR count). The molecule has 1 atom stereocenters. The van der Waals surface area contributed by atoms with Gasteiger partial charge in [0.15, 0.2) is 0 Å². The molecule has 0 spiro atoms. The zero-order chi connectivity index (χ0) is 19.6. The van der Waals surface area contributed by atoms with Gasteiger partial charge in [0, 0.05) is 24.4 Å². The smallest absolute Gasteiger partial charge is 0.312 e. The number of pyridine rings is 1. The lowest BCUT2D eigenvalue weighted by Crippen LogP contribution is -2.48. The van der Waals surface area contributed by atoms with Gasteiger partial charge in [0.05, 0.1) is 0 Å². The van der Waals surface area contributed by atoms with Crippen molar-refractivity contribution in [3.05, 3.63) is 54.0 Å². The van der Waals surface area contributed by atoms with Crippen LogP contribution in [0.1, 0.15) is 12.0 Å². The number of ether oxygens (including phenoxy) is 1. The van der Waals surface area contributed by atoms with Gasteiger partial charge in [-0.15, -0.1) is 0 Å². The molecular weight excluding hydrogens is 371 g/mol. The van der Waals surface area contributed by atoms with E-state index < -0.39 is 17.9 Å². The van der Waals surface area contributed by atoms with Crippen LogP contribution < -0.4 is 21.1 Å². The van der Waals surface area contributed by atoms with E-state index in [-0.39, 0.29) is 18.3 Å². The van der Waals surface area contributed by atoms with Crippen LogP contribution in [0, 0.1) is 5.82 Å². The highest BCUT2D eigenvalue weighted by atomic mass is 32.2. The van der Waals surface area contributed by atoms with Crippen LogP contribution in [0.25, 0.3) is 0 Å². The predicted molar refractivity (Wildman–Crippen MR) is 102 cm³/mol. The van der Waals surface area contributed by atoms with E-state index in [4.69, 9.17) is 10.5 Å². The molecule has 2 aromatic rings. The maximum atomic E-state index is 13.3. The van der Waals surface area contributed by atoms with E-state index in [2.05, 4.69) is 15.6 Å². The minimum Gasteiger partial charge on any atom is -0.439 e. The second-order valence-electron chi connectivity index (χ2n) is 5.59. The molecule has 144 valence electrons. The van der Waals surface area contributed by atoms with Crippen LogP contribution in [-0.2, 0) is 11.3 Å². The maximum absolute atomic E-state index is 13.3. The standard InChI is InChI=1S/C18H21FN4O3S/c1-27-9-7-15(23-18(20)25)16(24)22-11-12-4-3-8-21-17(12)26-14-6-2-5-13(19)10-14/h2-6,8,10,15H,7,9,11H2,1H3,(H,22,24)(H3,20,23,25). The van der Waals surface area contributed by atoms with Crippen molar-refractivity contribution in [3.63, 3.8) is 0 Å². The van der Waals surface area contributed by atoms with E-state index >= 15 is 0 Å². The number of aromatic nitrogens is 1. The summed E-state index contributed by atoms with van der Waals surface area (Å²) in [6.45, 7) is 0.132. The minimum atomic E-state index is -0.757. The Balaban J connectivity index is 2.04. The number of nitrogens with zero attached hydrogens (tertiary/aromatic N) is 1. The Kier molecular flexibility index (Phi) is 7.87. The first-order chi connectivity index (χ1) is 13.0. The molecule has 0 bridgehead atoms. The molecule has 7 nitrogen and oxygen atoms in total. The van der Waals surface area contributed by atoms with Gasteiger partial charge in [0.1, 0.15) is 17.6 Å². The SMILES string of the molecule is CSCCC(NC(N)=O)C(=O)NCc1cccnc1Oc1cccc(F)c1. The molecule has 1 heterocycles. The highest BCUT2D eigenvalue weighted by Gasteiger charge is 2.19. The number of primary amides is 1. The van der Waals surface area contributed by atoms with Crippen LogP contribution in [0.5, 0.6) is 11.6 Å². The fraction of sp³-hybridized carbons (Fsp3) is 0.278. The van der Waals surface area contributed by atoms with Crippen LogP contribution in [0.3, 0.4) is 0 Å². The zero-order valence-corrected chi connectivity index (χ0v) is 15.6. The molecule has 0 saturated heterocycles. The molecule has 1 aromatic heterocycles. The Hall–Kier alpha value is -2.81. The van der Waals surface area contributed by atoms with Crippen LogP contribution in [0.4, 0.5) is 9.18 Å². The largest absolute Gasteiger partial charge is 0.439 e. The van der Waals surface area contributed by atoms with Crippen molar-refractivity contribution in [2.24, 2.45) is 5.73 Å².